The maximum atomic E-state index is 12.9. The SMILES string of the molecule is Cc1ccc(NC(=O)CC2CSc3nc4c(c(=O)n32)CCCC4)cc1Cl. The molecule has 0 bridgehead atoms. The van der Waals surface area contributed by atoms with Gasteiger partial charge >= 0.3 is 0 Å². The van der Waals surface area contributed by atoms with Gasteiger partial charge in [-0.1, -0.05) is 29.4 Å². The molecule has 5 nitrogen and oxygen atoms in total. The van der Waals surface area contributed by atoms with Crippen molar-refractivity contribution >= 4 is 35.0 Å². The third-order valence-electron chi connectivity index (χ3n) is 5.00. The summed E-state index contributed by atoms with van der Waals surface area (Å²) in [7, 11) is 0. The fourth-order valence-corrected chi connectivity index (χ4v) is 4.90. The summed E-state index contributed by atoms with van der Waals surface area (Å²) in [6.07, 6.45) is 4.07. The summed E-state index contributed by atoms with van der Waals surface area (Å²) >= 11 is 7.68. The lowest BCUT2D eigenvalue weighted by Gasteiger charge is -2.18. The number of amides is 1. The summed E-state index contributed by atoms with van der Waals surface area (Å²) in [4.78, 5) is 30.1. The van der Waals surface area contributed by atoms with Gasteiger partial charge in [-0.2, -0.15) is 0 Å². The first kappa shape index (κ1) is 17.6. The molecular weight excluding hydrogens is 370 g/mol. The van der Waals surface area contributed by atoms with Crippen molar-refractivity contribution in [2.45, 2.75) is 50.2 Å². The molecule has 4 rings (SSSR count). The number of halogens is 1. The van der Waals surface area contributed by atoms with Gasteiger partial charge in [-0.15, -0.1) is 0 Å². The number of fused-ring (bicyclic) bond motifs is 2. The van der Waals surface area contributed by atoms with Crippen LogP contribution in [-0.2, 0) is 17.6 Å². The summed E-state index contributed by atoms with van der Waals surface area (Å²) in [5.41, 5.74) is 3.49. The number of carbonyl (C=O) groups is 1. The Morgan fingerprint density at radius 1 is 1.38 bits per heavy atom. The molecule has 2 aromatic rings. The van der Waals surface area contributed by atoms with Crippen molar-refractivity contribution in [1.82, 2.24) is 9.55 Å². The lowest BCUT2D eigenvalue weighted by atomic mass is 9.97. The van der Waals surface area contributed by atoms with Gasteiger partial charge in [0.05, 0.1) is 11.7 Å². The Morgan fingerprint density at radius 2 is 2.19 bits per heavy atom. The van der Waals surface area contributed by atoms with Gasteiger partial charge in [-0.05, 0) is 50.3 Å². The van der Waals surface area contributed by atoms with Crippen LogP contribution < -0.4 is 10.9 Å². The van der Waals surface area contributed by atoms with E-state index in [4.69, 9.17) is 16.6 Å². The fourth-order valence-electron chi connectivity index (χ4n) is 3.56. The van der Waals surface area contributed by atoms with Gasteiger partial charge in [0.15, 0.2) is 5.16 Å². The molecular formula is C19H20ClN3O2S. The molecule has 1 aromatic carbocycles. The Bertz CT molecular complexity index is 941. The van der Waals surface area contributed by atoms with Crippen LogP contribution in [0.5, 0.6) is 0 Å². The molecule has 1 unspecified atom stereocenters. The molecule has 136 valence electrons. The number of rotatable bonds is 3. The van der Waals surface area contributed by atoms with E-state index in [-0.39, 0.29) is 23.9 Å². The molecule has 0 spiro atoms. The molecule has 2 heterocycles. The number of aromatic nitrogens is 2. The molecule has 1 aliphatic heterocycles. The maximum Gasteiger partial charge on any atom is 0.257 e. The molecule has 0 radical (unpaired) electrons. The standard InChI is InChI=1S/C19H20ClN3O2S/c1-11-6-7-12(8-15(11)20)21-17(24)9-13-10-26-19-22-16-5-3-2-4-14(16)18(25)23(13)19/h6-8,13H,2-5,9-10H2,1H3,(H,21,24). The first-order valence-corrected chi connectivity index (χ1v) is 10.2. The van der Waals surface area contributed by atoms with Crippen molar-refractivity contribution in [3.8, 4) is 0 Å². The van der Waals surface area contributed by atoms with E-state index in [2.05, 4.69) is 5.32 Å². The highest BCUT2D eigenvalue weighted by molar-refractivity contribution is 7.99. The highest BCUT2D eigenvalue weighted by Gasteiger charge is 2.30. The van der Waals surface area contributed by atoms with E-state index in [0.29, 0.717) is 16.5 Å². The summed E-state index contributed by atoms with van der Waals surface area (Å²) in [5, 5.41) is 4.26. The molecule has 7 heteroatoms. The highest BCUT2D eigenvalue weighted by Crippen LogP contribution is 2.34. The van der Waals surface area contributed by atoms with E-state index >= 15 is 0 Å². The average molecular weight is 390 g/mol. The van der Waals surface area contributed by atoms with Gasteiger partial charge in [-0.3, -0.25) is 14.2 Å². The Morgan fingerprint density at radius 3 is 3.00 bits per heavy atom. The van der Waals surface area contributed by atoms with Gasteiger partial charge in [0.25, 0.3) is 5.56 Å². The van der Waals surface area contributed by atoms with Gasteiger partial charge in [0.2, 0.25) is 5.91 Å². The number of benzene rings is 1. The second-order valence-corrected chi connectivity index (χ2v) is 8.28. The average Bonchev–Trinajstić information content (AvgIpc) is 3.01. The van der Waals surface area contributed by atoms with Crippen molar-refractivity contribution in [2.24, 2.45) is 0 Å². The van der Waals surface area contributed by atoms with E-state index < -0.39 is 0 Å². The molecule has 0 fully saturated rings. The Labute approximate surface area is 161 Å². The zero-order valence-electron chi connectivity index (χ0n) is 14.5. The van der Waals surface area contributed by atoms with Crippen molar-refractivity contribution in [1.29, 1.82) is 0 Å². The first-order valence-electron chi connectivity index (χ1n) is 8.86. The summed E-state index contributed by atoms with van der Waals surface area (Å²) in [6, 6.07) is 5.30. The number of carbonyl (C=O) groups excluding carboxylic acids is 1. The Hall–Kier alpha value is -1.79. The predicted octanol–water partition coefficient (Wildman–Crippen LogP) is 3.76. The van der Waals surface area contributed by atoms with E-state index in [1.165, 1.54) is 0 Å². The molecule has 0 saturated heterocycles. The quantitative estimate of drug-likeness (QED) is 0.812. The lowest BCUT2D eigenvalue weighted by Crippen LogP contribution is -2.32. The highest BCUT2D eigenvalue weighted by atomic mass is 35.5. The monoisotopic (exact) mass is 389 g/mol. The molecule has 1 atom stereocenters. The molecule has 2 aliphatic rings. The van der Waals surface area contributed by atoms with Gasteiger partial charge in [0, 0.05) is 28.4 Å². The van der Waals surface area contributed by atoms with E-state index in [0.717, 1.165) is 47.7 Å². The topological polar surface area (TPSA) is 64.0 Å². The van der Waals surface area contributed by atoms with Crippen LogP contribution in [0.2, 0.25) is 5.02 Å². The second-order valence-electron chi connectivity index (χ2n) is 6.88. The number of hydrogen-bond acceptors (Lipinski definition) is 4. The number of aryl methyl sites for hydroxylation is 2. The molecule has 1 aromatic heterocycles. The minimum atomic E-state index is -0.150. The zero-order valence-corrected chi connectivity index (χ0v) is 16.1. The van der Waals surface area contributed by atoms with Crippen LogP contribution in [0.3, 0.4) is 0 Å². The smallest absolute Gasteiger partial charge is 0.257 e. The Balaban J connectivity index is 1.53. The van der Waals surface area contributed by atoms with Crippen LogP contribution in [-0.4, -0.2) is 21.2 Å². The molecule has 1 N–H and O–H groups in total. The third-order valence-corrected chi connectivity index (χ3v) is 6.50. The van der Waals surface area contributed by atoms with Crippen molar-refractivity contribution in [2.75, 3.05) is 11.1 Å². The molecule has 1 aliphatic carbocycles. The van der Waals surface area contributed by atoms with E-state index in [1.807, 2.05) is 19.1 Å². The van der Waals surface area contributed by atoms with Crippen LogP contribution >= 0.6 is 23.4 Å². The van der Waals surface area contributed by atoms with Crippen LogP contribution in [0.25, 0.3) is 0 Å². The molecule has 1 amide bonds. The van der Waals surface area contributed by atoms with Gasteiger partial charge in [-0.25, -0.2) is 4.98 Å². The first-order chi connectivity index (χ1) is 12.5. The summed E-state index contributed by atoms with van der Waals surface area (Å²) in [5.74, 6) is 0.584. The van der Waals surface area contributed by atoms with Gasteiger partial charge < -0.3 is 5.32 Å². The molecule has 26 heavy (non-hydrogen) atoms. The van der Waals surface area contributed by atoms with Crippen LogP contribution in [0, 0.1) is 6.92 Å². The van der Waals surface area contributed by atoms with Crippen molar-refractivity contribution < 1.29 is 4.79 Å². The minimum Gasteiger partial charge on any atom is -0.326 e. The Kier molecular flexibility index (Phi) is 4.80. The minimum absolute atomic E-state index is 0.0471. The number of hydrogen-bond donors (Lipinski definition) is 1. The fraction of sp³-hybridized carbons (Fsp3) is 0.421. The zero-order chi connectivity index (χ0) is 18.3. The van der Waals surface area contributed by atoms with Crippen LogP contribution in [0.4, 0.5) is 5.69 Å². The summed E-state index contributed by atoms with van der Waals surface area (Å²) < 4.78 is 1.73. The van der Waals surface area contributed by atoms with Crippen LogP contribution in [0.15, 0.2) is 28.2 Å². The van der Waals surface area contributed by atoms with Crippen LogP contribution in [0.1, 0.15) is 42.1 Å². The number of thioether (sulfide) groups is 1. The number of anilines is 1. The van der Waals surface area contributed by atoms with Gasteiger partial charge in [0.1, 0.15) is 0 Å². The van der Waals surface area contributed by atoms with Crippen molar-refractivity contribution in [3.05, 3.63) is 50.4 Å². The largest absolute Gasteiger partial charge is 0.326 e. The van der Waals surface area contributed by atoms with E-state index in [9.17, 15) is 9.59 Å². The maximum absolute atomic E-state index is 12.9. The lowest BCUT2D eigenvalue weighted by molar-refractivity contribution is -0.116. The summed E-state index contributed by atoms with van der Waals surface area (Å²) in [6.45, 7) is 1.92. The predicted molar refractivity (Wildman–Crippen MR) is 104 cm³/mol. The number of nitrogens with one attached hydrogen (secondary N) is 1. The number of nitrogens with zero attached hydrogens (tertiary/aromatic N) is 2. The molecule has 0 saturated carbocycles. The van der Waals surface area contributed by atoms with Crippen molar-refractivity contribution in [3.63, 3.8) is 0 Å². The second kappa shape index (κ2) is 7.08. The normalized spacial score (nSPS) is 18.3. The third kappa shape index (κ3) is 3.28. The van der Waals surface area contributed by atoms with E-state index in [1.54, 1.807) is 22.4 Å².